The fourth-order valence-corrected chi connectivity index (χ4v) is 2.58. The molecule has 1 heterocycles. The first-order chi connectivity index (χ1) is 12.9. The highest BCUT2D eigenvalue weighted by molar-refractivity contribution is 5.70. The van der Waals surface area contributed by atoms with Crippen LogP contribution >= 0.6 is 0 Å². The summed E-state index contributed by atoms with van der Waals surface area (Å²) in [5.41, 5.74) is 13.0. The molecule has 2 rings (SSSR count). The lowest BCUT2D eigenvalue weighted by atomic mass is 10.0. The van der Waals surface area contributed by atoms with E-state index in [-0.39, 0.29) is 11.8 Å². The molecule has 0 bridgehead atoms. The number of nitrogens with zero attached hydrogens (tertiary/aromatic N) is 2. The number of para-hydroxylation sites is 1. The Morgan fingerprint density at radius 2 is 1.89 bits per heavy atom. The van der Waals surface area contributed by atoms with E-state index in [0.717, 1.165) is 5.56 Å². The van der Waals surface area contributed by atoms with Crippen LogP contribution < -0.4 is 20.9 Å². The molecule has 0 aliphatic carbocycles. The minimum absolute atomic E-state index is 0.132. The number of anilines is 2. The molecule has 0 spiro atoms. The molecular formula is C19H26N4O4. The molecule has 1 atom stereocenters. The number of nitrogen functional groups attached to an aromatic ring is 2. The Hall–Kier alpha value is -3.03. The first-order valence-corrected chi connectivity index (χ1v) is 8.90. The van der Waals surface area contributed by atoms with E-state index in [9.17, 15) is 4.79 Å². The minimum Gasteiger partial charge on any atom is -0.493 e. The Labute approximate surface area is 158 Å². The molecule has 1 aromatic heterocycles. The lowest BCUT2D eigenvalue weighted by Gasteiger charge is -2.14. The Morgan fingerprint density at radius 3 is 2.59 bits per heavy atom. The maximum Gasteiger partial charge on any atom is 0.306 e. The molecule has 0 aliphatic rings. The van der Waals surface area contributed by atoms with E-state index >= 15 is 0 Å². The Kier molecular flexibility index (Phi) is 7.22. The average Bonchev–Trinajstić information content (AvgIpc) is 2.63. The third kappa shape index (κ3) is 5.73. The fraction of sp³-hybridized carbons (Fsp3) is 0.421. The molecule has 8 nitrogen and oxygen atoms in total. The van der Waals surface area contributed by atoms with Gasteiger partial charge in [0.2, 0.25) is 5.95 Å². The lowest BCUT2D eigenvalue weighted by molar-refractivity contribution is -0.141. The molecule has 0 amide bonds. The highest BCUT2D eigenvalue weighted by Gasteiger charge is 2.15. The molecule has 8 heteroatoms. The number of ether oxygens (including phenoxy) is 2. The number of carboxylic acid groups (broad SMARTS) is 1. The van der Waals surface area contributed by atoms with E-state index in [4.69, 9.17) is 26.0 Å². The smallest absolute Gasteiger partial charge is 0.306 e. The number of rotatable bonds is 10. The molecule has 0 fully saturated rings. The van der Waals surface area contributed by atoms with Crippen molar-refractivity contribution in [2.24, 2.45) is 5.92 Å². The molecule has 27 heavy (non-hydrogen) atoms. The number of benzene rings is 1. The standard InChI is InChI=1S/C19H26N4O4/c1-3-14-16(17(20)23-19(21)22-14)27-10-6-9-26-15-8-5-4-7-13(15)11-12(2)18(24)25/h4-5,7-8,12H,3,6,9-11H2,1-2H3,(H,24,25)(H4,20,21,22,23)/t12-/m0/s1. The normalized spacial score (nSPS) is 11.8. The number of aliphatic carboxylic acids is 1. The second kappa shape index (κ2) is 9.61. The van der Waals surface area contributed by atoms with E-state index in [1.54, 1.807) is 6.92 Å². The van der Waals surface area contributed by atoms with E-state index in [1.807, 2.05) is 31.2 Å². The summed E-state index contributed by atoms with van der Waals surface area (Å²) in [5, 5.41) is 9.09. The molecule has 0 saturated heterocycles. The molecular weight excluding hydrogens is 348 g/mol. The van der Waals surface area contributed by atoms with Gasteiger partial charge in [-0.3, -0.25) is 4.79 Å². The van der Waals surface area contributed by atoms with Crippen molar-refractivity contribution in [2.75, 3.05) is 24.7 Å². The quantitative estimate of drug-likeness (QED) is 0.539. The number of hydrogen-bond donors (Lipinski definition) is 3. The summed E-state index contributed by atoms with van der Waals surface area (Å²) in [7, 11) is 0. The lowest BCUT2D eigenvalue weighted by Crippen LogP contribution is -2.14. The Morgan fingerprint density at radius 1 is 1.19 bits per heavy atom. The van der Waals surface area contributed by atoms with Crippen LogP contribution in [-0.2, 0) is 17.6 Å². The average molecular weight is 374 g/mol. The van der Waals surface area contributed by atoms with Crippen LogP contribution in [0.3, 0.4) is 0 Å². The van der Waals surface area contributed by atoms with Crippen LogP contribution in [-0.4, -0.2) is 34.3 Å². The summed E-state index contributed by atoms with van der Waals surface area (Å²) >= 11 is 0. The second-order valence-corrected chi connectivity index (χ2v) is 6.20. The molecule has 1 aromatic carbocycles. The van der Waals surface area contributed by atoms with E-state index in [1.165, 1.54) is 0 Å². The fourth-order valence-electron chi connectivity index (χ4n) is 2.58. The van der Waals surface area contributed by atoms with E-state index < -0.39 is 11.9 Å². The van der Waals surface area contributed by atoms with Crippen LogP contribution in [0.2, 0.25) is 0 Å². The van der Waals surface area contributed by atoms with Gasteiger partial charge in [-0.05, 0) is 24.5 Å². The van der Waals surface area contributed by atoms with Crippen LogP contribution in [0.25, 0.3) is 0 Å². The summed E-state index contributed by atoms with van der Waals surface area (Å²) in [6.07, 6.45) is 1.68. The maximum absolute atomic E-state index is 11.1. The van der Waals surface area contributed by atoms with Gasteiger partial charge >= 0.3 is 5.97 Å². The number of aryl methyl sites for hydroxylation is 1. The Bertz CT molecular complexity index is 782. The van der Waals surface area contributed by atoms with Gasteiger partial charge in [0.25, 0.3) is 0 Å². The second-order valence-electron chi connectivity index (χ2n) is 6.20. The summed E-state index contributed by atoms with van der Waals surface area (Å²) in [6, 6.07) is 7.45. The van der Waals surface area contributed by atoms with Gasteiger partial charge in [-0.15, -0.1) is 0 Å². The van der Waals surface area contributed by atoms with Gasteiger partial charge in [-0.1, -0.05) is 32.0 Å². The van der Waals surface area contributed by atoms with Crippen molar-refractivity contribution < 1.29 is 19.4 Å². The largest absolute Gasteiger partial charge is 0.493 e. The summed E-state index contributed by atoms with van der Waals surface area (Å²) in [5.74, 6) is 0.213. The molecule has 0 saturated carbocycles. The van der Waals surface area contributed by atoms with Gasteiger partial charge in [0.05, 0.1) is 24.8 Å². The predicted octanol–water partition coefficient (Wildman–Crippen LogP) is 2.31. The van der Waals surface area contributed by atoms with Gasteiger partial charge in [-0.25, -0.2) is 4.98 Å². The van der Waals surface area contributed by atoms with Crippen LogP contribution in [0.1, 0.15) is 31.5 Å². The number of carboxylic acids is 1. The monoisotopic (exact) mass is 374 g/mol. The summed E-state index contributed by atoms with van der Waals surface area (Å²) in [6.45, 7) is 4.43. The van der Waals surface area contributed by atoms with Crippen molar-refractivity contribution in [3.63, 3.8) is 0 Å². The van der Waals surface area contributed by atoms with Gasteiger partial charge in [0, 0.05) is 6.42 Å². The van der Waals surface area contributed by atoms with Crippen LogP contribution in [0.15, 0.2) is 24.3 Å². The summed E-state index contributed by atoms with van der Waals surface area (Å²) in [4.78, 5) is 19.1. The maximum atomic E-state index is 11.1. The SMILES string of the molecule is CCc1nc(N)nc(N)c1OCCCOc1ccccc1C[C@H](C)C(=O)O. The van der Waals surface area contributed by atoms with Gasteiger partial charge in [-0.2, -0.15) is 4.98 Å². The molecule has 0 radical (unpaired) electrons. The van der Waals surface area contributed by atoms with Crippen molar-refractivity contribution in [3.8, 4) is 11.5 Å². The van der Waals surface area contributed by atoms with Crippen LogP contribution in [0, 0.1) is 5.92 Å². The van der Waals surface area contributed by atoms with E-state index in [2.05, 4.69) is 9.97 Å². The summed E-state index contributed by atoms with van der Waals surface area (Å²) < 4.78 is 11.5. The van der Waals surface area contributed by atoms with E-state index in [0.29, 0.717) is 49.7 Å². The highest BCUT2D eigenvalue weighted by atomic mass is 16.5. The van der Waals surface area contributed by atoms with Crippen molar-refractivity contribution >= 4 is 17.7 Å². The van der Waals surface area contributed by atoms with Crippen molar-refractivity contribution in [1.29, 1.82) is 0 Å². The zero-order valence-corrected chi connectivity index (χ0v) is 15.6. The zero-order valence-electron chi connectivity index (χ0n) is 15.6. The first-order valence-electron chi connectivity index (χ1n) is 8.90. The number of aromatic nitrogens is 2. The van der Waals surface area contributed by atoms with Gasteiger partial charge in [0.15, 0.2) is 11.6 Å². The minimum atomic E-state index is -0.826. The zero-order chi connectivity index (χ0) is 19.8. The van der Waals surface area contributed by atoms with Gasteiger partial charge < -0.3 is 26.0 Å². The first kappa shape index (κ1) is 20.3. The van der Waals surface area contributed by atoms with Crippen LogP contribution in [0.4, 0.5) is 11.8 Å². The van der Waals surface area contributed by atoms with Crippen molar-refractivity contribution in [2.45, 2.75) is 33.1 Å². The molecule has 0 aliphatic heterocycles. The third-order valence-electron chi connectivity index (χ3n) is 4.03. The van der Waals surface area contributed by atoms with Crippen LogP contribution in [0.5, 0.6) is 11.5 Å². The molecule has 146 valence electrons. The predicted molar refractivity (Wildman–Crippen MR) is 103 cm³/mol. The number of nitrogens with two attached hydrogens (primary N) is 2. The molecule has 0 unspecified atom stereocenters. The number of hydrogen-bond acceptors (Lipinski definition) is 7. The number of carbonyl (C=O) groups is 1. The van der Waals surface area contributed by atoms with Gasteiger partial charge in [0.1, 0.15) is 5.75 Å². The molecule has 5 N–H and O–H groups in total. The Balaban J connectivity index is 1.87. The third-order valence-corrected chi connectivity index (χ3v) is 4.03. The molecule has 2 aromatic rings. The van der Waals surface area contributed by atoms with Crippen molar-refractivity contribution in [1.82, 2.24) is 9.97 Å². The topological polar surface area (TPSA) is 134 Å². The van der Waals surface area contributed by atoms with Crippen molar-refractivity contribution in [3.05, 3.63) is 35.5 Å². The highest BCUT2D eigenvalue weighted by Crippen LogP contribution is 2.25.